The van der Waals surface area contributed by atoms with Crippen LogP contribution in [0.1, 0.15) is 22.9 Å². The Labute approximate surface area is 187 Å². The van der Waals surface area contributed by atoms with Gasteiger partial charge >= 0.3 is 0 Å². The Hall–Kier alpha value is -3.29. The second-order valence-corrected chi connectivity index (χ2v) is 7.58. The van der Waals surface area contributed by atoms with E-state index in [4.69, 9.17) is 32.4 Å². The van der Waals surface area contributed by atoms with Gasteiger partial charge in [0.2, 0.25) is 0 Å². The lowest BCUT2D eigenvalue weighted by molar-refractivity contribution is -0.140. The monoisotopic (exact) mass is 458 g/mol. The van der Waals surface area contributed by atoms with Crippen molar-refractivity contribution in [3.05, 3.63) is 87.6 Å². The van der Waals surface area contributed by atoms with Crippen molar-refractivity contribution in [3.63, 3.8) is 0 Å². The second kappa shape index (κ2) is 8.45. The summed E-state index contributed by atoms with van der Waals surface area (Å²) in [6.45, 7) is 0.0397. The second-order valence-electron chi connectivity index (χ2n) is 6.77. The molecule has 1 unspecified atom stereocenters. The molecule has 1 aromatic carbocycles. The Bertz CT molecular complexity index is 1150. The van der Waals surface area contributed by atoms with Crippen molar-refractivity contribution < 1.29 is 23.8 Å². The summed E-state index contributed by atoms with van der Waals surface area (Å²) < 4.78 is 10.5. The van der Waals surface area contributed by atoms with Crippen LogP contribution >= 0.6 is 23.2 Å². The third-order valence-electron chi connectivity index (χ3n) is 4.92. The van der Waals surface area contributed by atoms with Crippen LogP contribution in [-0.4, -0.2) is 33.8 Å². The number of carbonyl (C=O) groups is 2. The highest BCUT2D eigenvalue weighted by Gasteiger charge is 2.46. The number of hydrogen-bond acceptors (Lipinski definition) is 6. The zero-order chi connectivity index (χ0) is 22.1. The van der Waals surface area contributed by atoms with Gasteiger partial charge in [-0.2, -0.15) is 0 Å². The molecule has 7 nitrogen and oxygen atoms in total. The number of amides is 1. The summed E-state index contributed by atoms with van der Waals surface area (Å²) in [6.07, 6.45) is 4.59. The minimum absolute atomic E-state index is 0.0397. The lowest BCUT2D eigenvalue weighted by Crippen LogP contribution is -2.29. The summed E-state index contributed by atoms with van der Waals surface area (Å²) in [5, 5.41) is 11.4. The molecule has 1 atom stereocenters. The van der Waals surface area contributed by atoms with Gasteiger partial charge in [0, 0.05) is 18.0 Å². The Balaban J connectivity index is 1.88. The van der Waals surface area contributed by atoms with E-state index in [-0.39, 0.29) is 33.5 Å². The van der Waals surface area contributed by atoms with Gasteiger partial charge in [-0.15, -0.1) is 0 Å². The molecule has 158 valence electrons. The van der Waals surface area contributed by atoms with Crippen molar-refractivity contribution in [2.75, 3.05) is 7.11 Å². The van der Waals surface area contributed by atoms with E-state index in [0.29, 0.717) is 11.3 Å². The van der Waals surface area contributed by atoms with Gasteiger partial charge in [0.25, 0.3) is 11.7 Å². The molecule has 0 radical (unpaired) electrons. The highest BCUT2D eigenvalue weighted by Crippen LogP contribution is 2.42. The number of aromatic nitrogens is 1. The van der Waals surface area contributed by atoms with E-state index >= 15 is 0 Å². The molecule has 1 N–H and O–H groups in total. The summed E-state index contributed by atoms with van der Waals surface area (Å²) in [7, 11) is 1.41. The Kier molecular flexibility index (Phi) is 5.71. The summed E-state index contributed by atoms with van der Waals surface area (Å²) in [6, 6.07) is 8.75. The molecule has 1 fully saturated rings. The molecule has 4 rings (SSSR count). The number of likely N-dealkylation sites (tertiary alicyclic amines) is 1. The van der Waals surface area contributed by atoms with E-state index < -0.39 is 23.5 Å². The highest BCUT2D eigenvalue weighted by atomic mass is 35.5. The van der Waals surface area contributed by atoms with E-state index in [0.717, 1.165) is 0 Å². The van der Waals surface area contributed by atoms with E-state index in [2.05, 4.69) is 4.98 Å². The van der Waals surface area contributed by atoms with Crippen molar-refractivity contribution in [2.45, 2.75) is 12.6 Å². The number of aliphatic hydroxyl groups excluding tert-OH is 1. The third-order valence-corrected chi connectivity index (χ3v) is 5.48. The number of benzene rings is 1. The van der Waals surface area contributed by atoms with E-state index in [9.17, 15) is 14.7 Å². The van der Waals surface area contributed by atoms with Crippen LogP contribution in [0.4, 0.5) is 0 Å². The summed E-state index contributed by atoms with van der Waals surface area (Å²) in [5.41, 5.74) is 0.642. The maximum absolute atomic E-state index is 13.0. The molecule has 2 aromatic heterocycles. The average molecular weight is 459 g/mol. The molecule has 31 heavy (non-hydrogen) atoms. The molecule has 0 spiro atoms. The maximum atomic E-state index is 13.0. The number of furan rings is 1. The fraction of sp³-hybridized carbons (Fsp3) is 0.136. The molecule has 1 amide bonds. The number of ketones is 1. The molecule has 3 aromatic rings. The number of halogens is 2. The van der Waals surface area contributed by atoms with Gasteiger partial charge in [0.15, 0.2) is 5.75 Å². The fourth-order valence-corrected chi connectivity index (χ4v) is 4.19. The minimum Gasteiger partial charge on any atom is -0.507 e. The highest BCUT2D eigenvalue weighted by molar-refractivity contribution is 6.46. The smallest absolute Gasteiger partial charge is 0.296 e. The topological polar surface area (TPSA) is 92.9 Å². The van der Waals surface area contributed by atoms with Crippen LogP contribution in [0.15, 0.2) is 65.0 Å². The lowest BCUT2D eigenvalue weighted by atomic mass is 9.96. The molecule has 0 aliphatic carbocycles. The van der Waals surface area contributed by atoms with Crippen LogP contribution in [-0.2, 0) is 16.1 Å². The van der Waals surface area contributed by atoms with E-state index in [1.165, 1.54) is 36.6 Å². The molecule has 1 saturated heterocycles. The molecular formula is C22H16Cl2N2O5. The number of nitrogens with zero attached hydrogens (tertiary/aromatic N) is 2. The van der Waals surface area contributed by atoms with Crippen LogP contribution in [0.25, 0.3) is 5.76 Å². The Morgan fingerprint density at radius 2 is 1.97 bits per heavy atom. The number of carbonyl (C=O) groups excluding carboxylic acids is 2. The molecule has 1 aliphatic rings. The van der Waals surface area contributed by atoms with E-state index in [1.807, 2.05) is 0 Å². The largest absolute Gasteiger partial charge is 0.507 e. The molecule has 0 bridgehead atoms. The predicted molar refractivity (Wildman–Crippen MR) is 114 cm³/mol. The van der Waals surface area contributed by atoms with Gasteiger partial charge in [-0.3, -0.25) is 14.6 Å². The van der Waals surface area contributed by atoms with Crippen molar-refractivity contribution in [2.24, 2.45) is 0 Å². The van der Waals surface area contributed by atoms with Gasteiger partial charge in [-0.1, -0.05) is 29.3 Å². The molecule has 1 aliphatic heterocycles. The molecule has 0 saturated carbocycles. The van der Waals surface area contributed by atoms with E-state index in [1.54, 1.807) is 30.5 Å². The quantitative estimate of drug-likeness (QED) is 0.340. The lowest BCUT2D eigenvalue weighted by Gasteiger charge is -2.24. The zero-order valence-electron chi connectivity index (χ0n) is 16.2. The number of pyridine rings is 1. The summed E-state index contributed by atoms with van der Waals surface area (Å²) in [5.74, 6) is -1.27. The van der Waals surface area contributed by atoms with Gasteiger partial charge < -0.3 is 19.2 Å². The van der Waals surface area contributed by atoms with Crippen molar-refractivity contribution in [1.82, 2.24) is 9.88 Å². The summed E-state index contributed by atoms with van der Waals surface area (Å²) in [4.78, 5) is 31.3. The average Bonchev–Trinajstić information content (AvgIpc) is 3.36. The number of hydrogen-bond donors (Lipinski definition) is 1. The van der Waals surface area contributed by atoms with Crippen LogP contribution in [0.5, 0.6) is 5.75 Å². The normalized spacial score (nSPS) is 17.9. The minimum atomic E-state index is -0.876. The zero-order valence-corrected chi connectivity index (χ0v) is 17.7. The summed E-state index contributed by atoms with van der Waals surface area (Å²) >= 11 is 12.4. The Morgan fingerprint density at radius 3 is 2.55 bits per heavy atom. The van der Waals surface area contributed by atoms with Crippen molar-refractivity contribution >= 4 is 40.7 Å². The number of Topliss-reactive ketones (excluding diaryl/α,β-unsaturated/α-hetero) is 1. The molecule has 9 heteroatoms. The van der Waals surface area contributed by atoms with Crippen LogP contribution < -0.4 is 4.74 Å². The van der Waals surface area contributed by atoms with Crippen LogP contribution in [0, 0.1) is 0 Å². The number of rotatable bonds is 5. The Morgan fingerprint density at radius 1 is 1.23 bits per heavy atom. The van der Waals surface area contributed by atoms with Crippen LogP contribution in [0.2, 0.25) is 10.0 Å². The third kappa shape index (κ3) is 3.78. The standard InChI is InChI=1S/C22H16Cl2N2O5/c1-30-21-15(23)8-13(9-16(21)24)19(27)17-18(12-4-2-6-25-10-12)26(22(29)20(17)28)11-14-5-3-7-31-14/h2-10,18,27H,11H2,1H3/b19-17+. The van der Waals surface area contributed by atoms with Gasteiger partial charge in [0.1, 0.15) is 11.5 Å². The number of aliphatic hydroxyl groups is 1. The molecule has 3 heterocycles. The van der Waals surface area contributed by atoms with Gasteiger partial charge in [-0.25, -0.2) is 0 Å². The molecular weight excluding hydrogens is 443 g/mol. The van der Waals surface area contributed by atoms with Gasteiger partial charge in [-0.05, 0) is 35.9 Å². The fourth-order valence-electron chi connectivity index (χ4n) is 3.54. The first-order chi connectivity index (χ1) is 14.9. The SMILES string of the molecule is COc1c(Cl)cc(/C(O)=C2\C(=O)C(=O)N(Cc3ccco3)C2c2cccnc2)cc1Cl. The number of methoxy groups -OCH3 is 1. The first-order valence-electron chi connectivity index (χ1n) is 9.16. The maximum Gasteiger partial charge on any atom is 0.296 e. The first-order valence-corrected chi connectivity index (χ1v) is 9.92. The number of ether oxygens (including phenoxy) is 1. The van der Waals surface area contributed by atoms with Crippen molar-refractivity contribution in [3.8, 4) is 5.75 Å². The predicted octanol–water partition coefficient (Wildman–Crippen LogP) is 4.61. The van der Waals surface area contributed by atoms with Crippen LogP contribution in [0.3, 0.4) is 0 Å². The first kappa shape index (κ1) is 21.0. The van der Waals surface area contributed by atoms with Crippen molar-refractivity contribution in [1.29, 1.82) is 0 Å². The van der Waals surface area contributed by atoms with Gasteiger partial charge in [0.05, 0.1) is 41.6 Å².